The highest BCUT2D eigenvalue weighted by atomic mass is 79.9. The Hall–Kier alpha value is -1.13. The molecular formula is C12H14BrN3. The van der Waals surface area contributed by atoms with Gasteiger partial charge in [0.15, 0.2) is 0 Å². The topological polar surface area (TPSA) is 43.8 Å². The standard InChI is InChI=1S/C12H14BrN3/c1-8-3-5-9(6-4-8)11(14)12-10(13)7-15-16(12)2/h3-7,11H,14H2,1-2H3. The van der Waals surface area contributed by atoms with Gasteiger partial charge >= 0.3 is 0 Å². The van der Waals surface area contributed by atoms with Crippen molar-refractivity contribution in [1.29, 1.82) is 0 Å². The third-order valence-electron chi connectivity index (χ3n) is 2.67. The molecule has 0 saturated heterocycles. The largest absolute Gasteiger partial charge is 0.319 e. The molecule has 1 aromatic heterocycles. The minimum Gasteiger partial charge on any atom is -0.319 e. The molecule has 2 N–H and O–H groups in total. The highest BCUT2D eigenvalue weighted by Crippen LogP contribution is 2.26. The van der Waals surface area contributed by atoms with Crippen LogP contribution in [-0.2, 0) is 7.05 Å². The van der Waals surface area contributed by atoms with E-state index in [1.165, 1.54) is 5.56 Å². The van der Waals surface area contributed by atoms with E-state index in [2.05, 4.69) is 52.2 Å². The maximum atomic E-state index is 6.22. The Morgan fingerprint density at radius 2 is 1.94 bits per heavy atom. The highest BCUT2D eigenvalue weighted by molar-refractivity contribution is 9.10. The summed E-state index contributed by atoms with van der Waals surface area (Å²) in [5.74, 6) is 0. The van der Waals surface area contributed by atoms with Gasteiger partial charge in [-0.25, -0.2) is 0 Å². The molecule has 1 unspecified atom stereocenters. The van der Waals surface area contributed by atoms with Crippen molar-refractivity contribution in [1.82, 2.24) is 9.78 Å². The van der Waals surface area contributed by atoms with Crippen molar-refractivity contribution in [2.24, 2.45) is 12.8 Å². The van der Waals surface area contributed by atoms with Gasteiger partial charge in [0.25, 0.3) is 0 Å². The Kier molecular flexibility index (Phi) is 3.12. The van der Waals surface area contributed by atoms with Gasteiger partial charge in [-0.1, -0.05) is 29.8 Å². The van der Waals surface area contributed by atoms with Crippen LogP contribution >= 0.6 is 15.9 Å². The minimum atomic E-state index is -0.150. The van der Waals surface area contributed by atoms with Crippen molar-refractivity contribution in [3.8, 4) is 0 Å². The van der Waals surface area contributed by atoms with Gasteiger partial charge in [-0.15, -0.1) is 0 Å². The number of hydrogen-bond donors (Lipinski definition) is 1. The molecule has 0 spiro atoms. The zero-order valence-electron chi connectivity index (χ0n) is 9.31. The molecule has 1 heterocycles. The van der Waals surface area contributed by atoms with Crippen LogP contribution in [0.1, 0.15) is 22.9 Å². The molecule has 0 aliphatic carbocycles. The van der Waals surface area contributed by atoms with Crippen LogP contribution in [0.25, 0.3) is 0 Å². The second-order valence-electron chi connectivity index (χ2n) is 3.89. The lowest BCUT2D eigenvalue weighted by atomic mass is 10.0. The monoisotopic (exact) mass is 279 g/mol. The molecule has 0 saturated carbocycles. The third kappa shape index (κ3) is 2.03. The third-order valence-corrected chi connectivity index (χ3v) is 3.28. The normalized spacial score (nSPS) is 12.8. The number of aromatic nitrogens is 2. The van der Waals surface area contributed by atoms with E-state index < -0.39 is 0 Å². The van der Waals surface area contributed by atoms with Crippen LogP contribution in [0.15, 0.2) is 34.9 Å². The Morgan fingerprint density at radius 1 is 1.31 bits per heavy atom. The lowest BCUT2D eigenvalue weighted by Gasteiger charge is -2.13. The summed E-state index contributed by atoms with van der Waals surface area (Å²) in [5, 5.41) is 4.17. The maximum absolute atomic E-state index is 6.22. The van der Waals surface area contributed by atoms with E-state index in [0.29, 0.717) is 0 Å². The van der Waals surface area contributed by atoms with Crippen molar-refractivity contribution >= 4 is 15.9 Å². The van der Waals surface area contributed by atoms with Crippen LogP contribution in [0.4, 0.5) is 0 Å². The lowest BCUT2D eigenvalue weighted by Crippen LogP contribution is -2.16. The summed E-state index contributed by atoms with van der Waals surface area (Å²) in [5.41, 5.74) is 9.54. The van der Waals surface area contributed by atoms with Gasteiger partial charge in [0.1, 0.15) is 0 Å². The number of rotatable bonds is 2. The molecule has 1 atom stereocenters. The molecule has 1 aromatic carbocycles. The van der Waals surface area contributed by atoms with E-state index >= 15 is 0 Å². The molecule has 4 heteroatoms. The molecule has 16 heavy (non-hydrogen) atoms. The number of benzene rings is 1. The molecule has 0 radical (unpaired) electrons. The molecule has 84 valence electrons. The number of halogens is 1. The van der Waals surface area contributed by atoms with E-state index in [4.69, 9.17) is 5.73 Å². The fraction of sp³-hybridized carbons (Fsp3) is 0.250. The first kappa shape index (κ1) is 11.4. The Balaban J connectivity index is 2.39. The molecule has 0 aliphatic rings. The Morgan fingerprint density at radius 3 is 2.44 bits per heavy atom. The summed E-state index contributed by atoms with van der Waals surface area (Å²) in [6, 6.07) is 8.10. The van der Waals surface area contributed by atoms with Gasteiger partial charge in [0, 0.05) is 7.05 Å². The SMILES string of the molecule is Cc1ccc(C(N)c2c(Br)cnn2C)cc1. The van der Waals surface area contributed by atoms with E-state index in [9.17, 15) is 0 Å². The average molecular weight is 280 g/mol. The van der Waals surface area contributed by atoms with Gasteiger partial charge in [-0.2, -0.15) is 5.10 Å². The first-order valence-electron chi connectivity index (χ1n) is 5.09. The van der Waals surface area contributed by atoms with Crippen molar-refractivity contribution in [2.75, 3.05) is 0 Å². The van der Waals surface area contributed by atoms with Crippen LogP contribution in [0.2, 0.25) is 0 Å². The summed E-state index contributed by atoms with van der Waals surface area (Å²) in [6.45, 7) is 2.06. The minimum absolute atomic E-state index is 0.150. The van der Waals surface area contributed by atoms with Gasteiger partial charge in [-0.3, -0.25) is 4.68 Å². The molecule has 0 aliphatic heterocycles. The number of aryl methyl sites for hydroxylation is 2. The number of hydrogen-bond acceptors (Lipinski definition) is 2. The van der Waals surface area contributed by atoms with Crippen LogP contribution in [0.5, 0.6) is 0 Å². The Labute approximate surface area is 103 Å². The highest BCUT2D eigenvalue weighted by Gasteiger charge is 2.16. The van der Waals surface area contributed by atoms with E-state index in [1.807, 2.05) is 7.05 Å². The predicted octanol–water partition coefficient (Wildman–Crippen LogP) is 2.54. The molecule has 0 bridgehead atoms. The average Bonchev–Trinajstić information content (AvgIpc) is 2.59. The van der Waals surface area contributed by atoms with Gasteiger partial charge in [0.05, 0.1) is 22.4 Å². The number of nitrogens with zero attached hydrogens (tertiary/aromatic N) is 2. The molecule has 2 rings (SSSR count). The van der Waals surface area contributed by atoms with Crippen LogP contribution < -0.4 is 5.73 Å². The fourth-order valence-corrected chi connectivity index (χ4v) is 2.30. The first-order valence-corrected chi connectivity index (χ1v) is 5.88. The summed E-state index contributed by atoms with van der Waals surface area (Å²) >= 11 is 3.47. The van der Waals surface area contributed by atoms with E-state index in [1.54, 1.807) is 10.9 Å². The second kappa shape index (κ2) is 4.39. The molecular weight excluding hydrogens is 266 g/mol. The summed E-state index contributed by atoms with van der Waals surface area (Å²) in [4.78, 5) is 0. The van der Waals surface area contributed by atoms with Gasteiger partial charge in [-0.05, 0) is 28.4 Å². The number of nitrogens with two attached hydrogens (primary N) is 1. The Bertz CT molecular complexity index is 468. The van der Waals surface area contributed by atoms with Gasteiger partial charge < -0.3 is 5.73 Å². The van der Waals surface area contributed by atoms with Crippen molar-refractivity contribution in [3.63, 3.8) is 0 Å². The molecule has 3 nitrogen and oxygen atoms in total. The van der Waals surface area contributed by atoms with E-state index in [0.717, 1.165) is 15.7 Å². The maximum Gasteiger partial charge on any atom is 0.0735 e. The second-order valence-corrected chi connectivity index (χ2v) is 4.74. The summed E-state index contributed by atoms with van der Waals surface area (Å²) in [7, 11) is 1.90. The molecule has 0 amide bonds. The van der Waals surface area contributed by atoms with Crippen molar-refractivity contribution in [3.05, 3.63) is 51.8 Å². The molecule has 0 fully saturated rings. The van der Waals surface area contributed by atoms with Crippen molar-refractivity contribution in [2.45, 2.75) is 13.0 Å². The summed E-state index contributed by atoms with van der Waals surface area (Å²) < 4.78 is 2.75. The van der Waals surface area contributed by atoms with E-state index in [-0.39, 0.29) is 6.04 Å². The first-order chi connectivity index (χ1) is 7.59. The van der Waals surface area contributed by atoms with Crippen LogP contribution in [0.3, 0.4) is 0 Å². The smallest absolute Gasteiger partial charge is 0.0735 e. The fourth-order valence-electron chi connectivity index (χ4n) is 1.70. The predicted molar refractivity (Wildman–Crippen MR) is 68.1 cm³/mol. The van der Waals surface area contributed by atoms with Crippen molar-refractivity contribution < 1.29 is 0 Å². The molecule has 2 aromatic rings. The van der Waals surface area contributed by atoms with Crippen LogP contribution in [0, 0.1) is 6.92 Å². The summed E-state index contributed by atoms with van der Waals surface area (Å²) in [6.07, 6.45) is 1.77. The van der Waals surface area contributed by atoms with Gasteiger partial charge in [0.2, 0.25) is 0 Å². The van der Waals surface area contributed by atoms with Crippen LogP contribution in [-0.4, -0.2) is 9.78 Å². The zero-order chi connectivity index (χ0) is 11.7. The lowest BCUT2D eigenvalue weighted by molar-refractivity contribution is 0.671. The zero-order valence-corrected chi connectivity index (χ0v) is 10.9. The quantitative estimate of drug-likeness (QED) is 0.918.